The number of nitrogens with zero attached hydrogens (tertiary/aromatic N) is 1. The van der Waals surface area contributed by atoms with E-state index in [0.29, 0.717) is 17.4 Å². The van der Waals surface area contributed by atoms with E-state index in [2.05, 4.69) is 0 Å². The van der Waals surface area contributed by atoms with E-state index in [4.69, 9.17) is 5.73 Å². The SMILES string of the molecule is CCn1cc(C(N)=O)c(=O)c2ccc(F)cc21. The fourth-order valence-corrected chi connectivity index (χ4v) is 1.80. The van der Waals surface area contributed by atoms with Crippen molar-refractivity contribution in [3.8, 4) is 0 Å². The van der Waals surface area contributed by atoms with Gasteiger partial charge in [0.1, 0.15) is 11.4 Å². The molecule has 0 aliphatic rings. The van der Waals surface area contributed by atoms with E-state index in [1.807, 2.05) is 6.92 Å². The number of halogens is 1. The van der Waals surface area contributed by atoms with E-state index in [0.717, 1.165) is 0 Å². The fraction of sp³-hybridized carbons (Fsp3) is 0.167. The summed E-state index contributed by atoms with van der Waals surface area (Å²) in [5, 5.41) is 0.296. The number of aryl methyl sites for hydroxylation is 1. The molecule has 0 atom stereocenters. The van der Waals surface area contributed by atoms with Crippen LogP contribution in [0.4, 0.5) is 4.39 Å². The quantitative estimate of drug-likeness (QED) is 0.850. The highest BCUT2D eigenvalue weighted by molar-refractivity contribution is 5.96. The zero-order chi connectivity index (χ0) is 12.6. The lowest BCUT2D eigenvalue weighted by Gasteiger charge is -2.10. The van der Waals surface area contributed by atoms with Crippen LogP contribution in [0.3, 0.4) is 0 Å². The van der Waals surface area contributed by atoms with Gasteiger partial charge in [0, 0.05) is 18.1 Å². The minimum Gasteiger partial charge on any atom is -0.365 e. The van der Waals surface area contributed by atoms with Crippen molar-refractivity contribution in [1.29, 1.82) is 0 Å². The number of aromatic nitrogens is 1. The molecule has 17 heavy (non-hydrogen) atoms. The van der Waals surface area contributed by atoms with Crippen molar-refractivity contribution < 1.29 is 9.18 Å². The normalized spacial score (nSPS) is 10.7. The molecule has 1 aromatic heterocycles. The topological polar surface area (TPSA) is 65.1 Å². The lowest BCUT2D eigenvalue weighted by atomic mass is 10.1. The summed E-state index contributed by atoms with van der Waals surface area (Å²) in [6, 6.07) is 3.82. The van der Waals surface area contributed by atoms with Crippen LogP contribution in [0.1, 0.15) is 17.3 Å². The Balaban J connectivity index is 2.95. The molecular formula is C12H11FN2O2. The van der Waals surface area contributed by atoms with Gasteiger partial charge in [0.15, 0.2) is 0 Å². The molecule has 0 unspecified atom stereocenters. The first-order chi connectivity index (χ1) is 8.04. The van der Waals surface area contributed by atoms with Gasteiger partial charge >= 0.3 is 0 Å². The molecule has 0 bridgehead atoms. The molecule has 0 fully saturated rings. The number of nitrogens with two attached hydrogens (primary N) is 1. The first-order valence-corrected chi connectivity index (χ1v) is 5.17. The number of amides is 1. The van der Waals surface area contributed by atoms with Crippen LogP contribution in [0.15, 0.2) is 29.2 Å². The van der Waals surface area contributed by atoms with Crippen molar-refractivity contribution in [2.45, 2.75) is 13.5 Å². The van der Waals surface area contributed by atoms with E-state index in [1.54, 1.807) is 4.57 Å². The summed E-state index contributed by atoms with van der Waals surface area (Å²) in [5.41, 5.74) is 5.05. The predicted octanol–water partition coefficient (Wildman–Crippen LogP) is 1.26. The van der Waals surface area contributed by atoms with Gasteiger partial charge in [-0.1, -0.05) is 0 Å². The minimum atomic E-state index is -0.775. The molecule has 5 heteroatoms. The highest BCUT2D eigenvalue weighted by Gasteiger charge is 2.12. The van der Waals surface area contributed by atoms with Gasteiger partial charge in [-0.15, -0.1) is 0 Å². The second kappa shape index (κ2) is 4.01. The zero-order valence-electron chi connectivity index (χ0n) is 9.24. The van der Waals surface area contributed by atoms with Crippen molar-refractivity contribution in [3.05, 3.63) is 46.0 Å². The van der Waals surface area contributed by atoms with Gasteiger partial charge in [0.05, 0.1) is 5.52 Å². The highest BCUT2D eigenvalue weighted by Crippen LogP contribution is 2.13. The maximum absolute atomic E-state index is 13.1. The third-order valence-corrected chi connectivity index (χ3v) is 2.65. The van der Waals surface area contributed by atoms with Gasteiger partial charge in [-0.25, -0.2) is 4.39 Å². The first-order valence-electron chi connectivity index (χ1n) is 5.17. The number of hydrogen-bond donors (Lipinski definition) is 1. The standard InChI is InChI=1S/C12H11FN2O2/c1-2-15-6-9(12(14)17)11(16)8-4-3-7(13)5-10(8)15/h3-6H,2H2,1H3,(H2,14,17). The van der Waals surface area contributed by atoms with E-state index in [-0.39, 0.29) is 5.56 Å². The average Bonchev–Trinajstić information content (AvgIpc) is 2.29. The molecular weight excluding hydrogens is 223 g/mol. The summed E-state index contributed by atoms with van der Waals surface area (Å²) < 4.78 is 14.8. The summed E-state index contributed by atoms with van der Waals surface area (Å²) in [5.74, 6) is -1.20. The fourth-order valence-electron chi connectivity index (χ4n) is 1.80. The molecule has 2 N–H and O–H groups in total. The number of benzene rings is 1. The largest absolute Gasteiger partial charge is 0.365 e. The van der Waals surface area contributed by atoms with Gasteiger partial charge in [-0.05, 0) is 25.1 Å². The lowest BCUT2D eigenvalue weighted by Crippen LogP contribution is -2.24. The Bertz CT molecular complexity index is 661. The molecule has 0 aliphatic heterocycles. The smallest absolute Gasteiger partial charge is 0.254 e. The molecule has 0 radical (unpaired) electrons. The van der Waals surface area contributed by atoms with Crippen molar-refractivity contribution in [3.63, 3.8) is 0 Å². The summed E-state index contributed by atoms with van der Waals surface area (Å²) >= 11 is 0. The number of rotatable bonds is 2. The summed E-state index contributed by atoms with van der Waals surface area (Å²) in [6.45, 7) is 2.35. The van der Waals surface area contributed by atoms with E-state index in [9.17, 15) is 14.0 Å². The Kier molecular flexibility index (Phi) is 2.67. The second-order valence-electron chi connectivity index (χ2n) is 3.68. The molecule has 2 rings (SSSR count). The molecule has 0 saturated carbocycles. The van der Waals surface area contributed by atoms with Crippen molar-refractivity contribution in [2.24, 2.45) is 5.73 Å². The van der Waals surface area contributed by atoms with Crippen LogP contribution in [0, 0.1) is 5.82 Å². The Morgan fingerprint density at radius 3 is 2.76 bits per heavy atom. The van der Waals surface area contributed by atoms with Crippen LogP contribution in [-0.2, 0) is 6.54 Å². The van der Waals surface area contributed by atoms with E-state index in [1.165, 1.54) is 24.4 Å². The number of hydrogen-bond acceptors (Lipinski definition) is 2. The van der Waals surface area contributed by atoms with Gasteiger partial charge < -0.3 is 10.3 Å². The van der Waals surface area contributed by atoms with Gasteiger partial charge in [0.25, 0.3) is 5.91 Å². The molecule has 4 nitrogen and oxygen atoms in total. The third kappa shape index (κ3) is 1.80. The minimum absolute atomic E-state index is 0.0778. The number of primary amides is 1. The molecule has 1 heterocycles. The van der Waals surface area contributed by atoms with Gasteiger partial charge in [-0.3, -0.25) is 9.59 Å². The van der Waals surface area contributed by atoms with E-state index < -0.39 is 17.2 Å². The van der Waals surface area contributed by atoms with E-state index >= 15 is 0 Å². The zero-order valence-corrected chi connectivity index (χ0v) is 9.24. The Hall–Kier alpha value is -2.17. The Morgan fingerprint density at radius 2 is 2.18 bits per heavy atom. The molecule has 1 aromatic carbocycles. The maximum atomic E-state index is 13.1. The van der Waals surface area contributed by atoms with Crippen molar-refractivity contribution >= 4 is 16.8 Å². The molecule has 0 saturated heterocycles. The first kappa shape index (κ1) is 11.3. The molecule has 0 spiro atoms. The second-order valence-corrected chi connectivity index (χ2v) is 3.68. The predicted molar refractivity (Wildman–Crippen MR) is 62.4 cm³/mol. The summed E-state index contributed by atoms with van der Waals surface area (Å²) in [4.78, 5) is 23.0. The Morgan fingerprint density at radius 1 is 1.47 bits per heavy atom. The maximum Gasteiger partial charge on any atom is 0.254 e. The third-order valence-electron chi connectivity index (χ3n) is 2.65. The molecule has 0 aliphatic carbocycles. The average molecular weight is 234 g/mol. The van der Waals surface area contributed by atoms with Crippen molar-refractivity contribution in [2.75, 3.05) is 0 Å². The number of pyridine rings is 1. The monoisotopic (exact) mass is 234 g/mol. The summed E-state index contributed by atoms with van der Waals surface area (Å²) in [6.07, 6.45) is 1.37. The number of carbonyl (C=O) groups excluding carboxylic acids is 1. The number of fused-ring (bicyclic) bond motifs is 1. The molecule has 1 amide bonds. The van der Waals surface area contributed by atoms with Crippen LogP contribution >= 0.6 is 0 Å². The van der Waals surface area contributed by atoms with Crippen molar-refractivity contribution in [1.82, 2.24) is 4.57 Å². The Labute approximate surface area is 96.5 Å². The number of carbonyl (C=O) groups is 1. The van der Waals surface area contributed by atoms with Crippen LogP contribution in [0.5, 0.6) is 0 Å². The van der Waals surface area contributed by atoms with Gasteiger partial charge in [0.2, 0.25) is 5.43 Å². The summed E-state index contributed by atoms with van der Waals surface area (Å²) in [7, 11) is 0. The van der Waals surface area contributed by atoms with Crippen LogP contribution in [0.2, 0.25) is 0 Å². The highest BCUT2D eigenvalue weighted by atomic mass is 19.1. The van der Waals surface area contributed by atoms with Crippen LogP contribution < -0.4 is 11.2 Å². The van der Waals surface area contributed by atoms with Crippen LogP contribution in [0.25, 0.3) is 10.9 Å². The van der Waals surface area contributed by atoms with Crippen LogP contribution in [-0.4, -0.2) is 10.5 Å². The van der Waals surface area contributed by atoms with Gasteiger partial charge in [-0.2, -0.15) is 0 Å². The molecule has 2 aromatic rings. The molecule has 88 valence electrons. The lowest BCUT2D eigenvalue weighted by molar-refractivity contribution is 0.0999.